The van der Waals surface area contributed by atoms with Gasteiger partial charge in [0.1, 0.15) is 17.3 Å². The number of benzene rings is 1. The van der Waals surface area contributed by atoms with Crippen LogP contribution in [0, 0.1) is 20.8 Å². The summed E-state index contributed by atoms with van der Waals surface area (Å²) in [5.74, 6) is 2.64. The highest BCUT2D eigenvalue weighted by molar-refractivity contribution is 6.31. The summed E-state index contributed by atoms with van der Waals surface area (Å²) in [6, 6.07) is 11.7. The van der Waals surface area contributed by atoms with E-state index in [1.807, 2.05) is 19.9 Å². The number of ether oxygens (including phenoxy) is 1. The molecule has 0 bridgehead atoms. The van der Waals surface area contributed by atoms with Crippen molar-refractivity contribution in [1.29, 1.82) is 0 Å². The number of aromatic amines is 1. The maximum atomic E-state index is 6.20. The average Bonchev–Trinajstić information content (AvgIpc) is 3.24. The first-order valence-corrected chi connectivity index (χ1v) is 10.2. The van der Waals surface area contributed by atoms with Crippen molar-refractivity contribution in [2.24, 2.45) is 0 Å². The largest absolute Gasteiger partial charge is 0.455 e. The first kappa shape index (κ1) is 20.7. The van der Waals surface area contributed by atoms with Crippen LogP contribution in [-0.2, 0) is 12.8 Å². The Morgan fingerprint density at radius 3 is 2.71 bits per heavy atom. The molecule has 8 nitrogen and oxygen atoms in total. The molecule has 0 amide bonds. The summed E-state index contributed by atoms with van der Waals surface area (Å²) >= 11 is 6.20. The zero-order valence-corrected chi connectivity index (χ0v) is 18.2. The van der Waals surface area contributed by atoms with Gasteiger partial charge in [0.05, 0.1) is 16.4 Å². The molecule has 0 radical (unpaired) electrons. The molecule has 0 fully saturated rings. The summed E-state index contributed by atoms with van der Waals surface area (Å²) < 4.78 is 6.00. The number of anilines is 2. The number of nitrogens with one attached hydrogen (secondary N) is 2. The lowest BCUT2D eigenvalue weighted by Crippen LogP contribution is -1.99. The minimum Gasteiger partial charge on any atom is -0.455 e. The van der Waals surface area contributed by atoms with Crippen molar-refractivity contribution in [3.63, 3.8) is 0 Å². The highest BCUT2D eigenvalue weighted by Gasteiger charge is 2.09. The minimum atomic E-state index is 0.570. The number of nitrogens with zero attached hydrogens (tertiary/aromatic N) is 5. The third-order valence-electron chi connectivity index (χ3n) is 4.69. The van der Waals surface area contributed by atoms with Crippen LogP contribution in [0.25, 0.3) is 0 Å². The Hall–Kier alpha value is -3.52. The Labute approximate surface area is 185 Å². The highest BCUT2D eigenvalue weighted by Crippen LogP contribution is 2.29. The maximum Gasteiger partial charge on any atom is 0.174 e. The van der Waals surface area contributed by atoms with Gasteiger partial charge >= 0.3 is 0 Å². The lowest BCUT2D eigenvalue weighted by atomic mass is 10.1. The van der Waals surface area contributed by atoms with Crippen LogP contribution in [0.4, 0.5) is 11.5 Å². The summed E-state index contributed by atoms with van der Waals surface area (Å²) in [5, 5.41) is 18.0. The molecule has 0 aliphatic rings. The lowest BCUT2D eigenvalue weighted by molar-refractivity contribution is 0.475. The molecule has 1 aromatic carbocycles. The van der Waals surface area contributed by atoms with E-state index in [9.17, 15) is 0 Å². The minimum absolute atomic E-state index is 0.570. The van der Waals surface area contributed by atoms with Crippen LogP contribution < -0.4 is 10.1 Å². The number of aryl methyl sites for hydroxylation is 5. The molecule has 4 rings (SSSR count). The van der Waals surface area contributed by atoms with Gasteiger partial charge in [0.25, 0.3) is 0 Å². The molecule has 3 heterocycles. The van der Waals surface area contributed by atoms with E-state index in [-0.39, 0.29) is 0 Å². The van der Waals surface area contributed by atoms with Gasteiger partial charge in [-0.15, -0.1) is 10.2 Å². The Kier molecular flexibility index (Phi) is 6.08. The van der Waals surface area contributed by atoms with Crippen LogP contribution in [0.15, 0.2) is 42.6 Å². The van der Waals surface area contributed by atoms with Crippen molar-refractivity contribution in [3.8, 4) is 11.5 Å². The second-order valence-corrected chi connectivity index (χ2v) is 7.69. The zero-order valence-electron chi connectivity index (χ0n) is 17.5. The van der Waals surface area contributed by atoms with Gasteiger partial charge in [-0.05, 0) is 56.5 Å². The Balaban J connectivity index is 1.49. The van der Waals surface area contributed by atoms with Crippen LogP contribution in [0.5, 0.6) is 11.5 Å². The van der Waals surface area contributed by atoms with Crippen molar-refractivity contribution < 1.29 is 4.74 Å². The Morgan fingerprint density at radius 2 is 1.90 bits per heavy atom. The average molecular weight is 436 g/mol. The quantitative estimate of drug-likeness (QED) is 0.426. The second-order valence-electron chi connectivity index (χ2n) is 7.28. The number of hydrogen-bond acceptors (Lipinski definition) is 7. The topological polar surface area (TPSA) is 102 Å². The highest BCUT2D eigenvalue weighted by atomic mass is 35.5. The van der Waals surface area contributed by atoms with E-state index in [2.05, 4.69) is 61.0 Å². The molecule has 4 aromatic rings. The van der Waals surface area contributed by atoms with Crippen molar-refractivity contribution in [2.45, 2.75) is 33.6 Å². The van der Waals surface area contributed by atoms with Gasteiger partial charge in [-0.2, -0.15) is 5.21 Å². The van der Waals surface area contributed by atoms with E-state index < -0.39 is 0 Å². The van der Waals surface area contributed by atoms with Crippen molar-refractivity contribution in [1.82, 2.24) is 30.6 Å². The van der Waals surface area contributed by atoms with Crippen molar-refractivity contribution in [3.05, 3.63) is 76.0 Å². The van der Waals surface area contributed by atoms with Crippen LogP contribution in [-0.4, -0.2) is 30.6 Å². The molecule has 9 heteroatoms. The third kappa shape index (κ3) is 5.35. The van der Waals surface area contributed by atoms with Crippen LogP contribution in [0.3, 0.4) is 0 Å². The number of halogens is 1. The van der Waals surface area contributed by atoms with Crippen LogP contribution >= 0.6 is 11.6 Å². The van der Waals surface area contributed by atoms with E-state index in [1.54, 1.807) is 18.3 Å². The van der Waals surface area contributed by atoms with E-state index >= 15 is 0 Å². The van der Waals surface area contributed by atoms with Crippen LogP contribution in [0.1, 0.15) is 28.3 Å². The van der Waals surface area contributed by atoms with E-state index in [0.717, 1.165) is 29.1 Å². The lowest BCUT2D eigenvalue weighted by Gasteiger charge is -2.12. The van der Waals surface area contributed by atoms with Gasteiger partial charge in [0.15, 0.2) is 5.82 Å². The summed E-state index contributed by atoms with van der Waals surface area (Å²) in [6.45, 7) is 5.82. The zero-order chi connectivity index (χ0) is 21.8. The molecule has 0 spiro atoms. The molecular formula is C22H22ClN7O. The molecule has 31 heavy (non-hydrogen) atoms. The number of rotatable bonds is 7. The standard InChI is InChI=1S/C22H22ClN7O/c1-13-8-16(4-5-21-27-29-30-28-21)10-17(9-13)26-22-11-18(6-7-24-22)31-20-12-19(23)14(2)25-15(20)3/h6-12H,4-5H2,1-3H3,(H,24,26)(H,27,28,29,30). The van der Waals surface area contributed by atoms with Gasteiger partial charge in [0, 0.05) is 30.4 Å². The fraction of sp³-hybridized carbons (Fsp3) is 0.227. The summed E-state index contributed by atoms with van der Waals surface area (Å²) in [5.41, 5.74) is 4.83. The first-order chi connectivity index (χ1) is 15.0. The fourth-order valence-corrected chi connectivity index (χ4v) is 3.37. The normalized spacial score (nSPS) is 10.8. The molecule has 3 aromatic heterocycles. The molecule has 0 saturated carbocycles. The van der Waals surface area contributed by atoms with E-state index in [4.69, 9.17) is 16.3 Å². The first-order valence-electron chi connectivity index (χ1n) is 9.84. The van der Waals surface area contributed by atoms with E-state index in [1.165, 1.54) is 5.56 Å². The van der Waals surface area contributed by atoms with Gasteiger partial charge in [-0.25, -0.2) is 4.98 Å². The number of tetrazole rings is 1. The van der Waals surface area contributed by atoms with Crippen molar-refractivity contribution >= 4 is 23.1 Å². The molecule has 158 valence electrons. The van der Waals surface area contributed by atoms with Gasteiger partial charge in [-0.3, -0.25) is 4.98 Å². The third-order valence-corrected chi connectivity index (χ3v) is 5.07. The Morgan fingerprint density at radius 1 is 1.03 bits per heavy atom. The number of hydrogen-bond donors (Lipinski definition) is 2. The smallest absolute Gasteiger partial charge is 0.174 e. The monoisotopic (exact) mass is 435 g/mol. The summed E-state index contributed by atoms with van der Waals surface area (Å²) in [7, 11) is 0. The summed E-state index contributed by atoms with van der Waals surface area (Å²) in [6.07, 6.45) is 3.23. The number of aromatic nitrogens is 6. The van der Waals surface area contributed by atoms with Crippen molar-refractivity contribution in [2.75, 3.05) is 5.32 Å². The number of pyridine rings is 2. The summed E-state index contributed by atoms with van der Waals surface area (Å²) in [4.78, 5) is 8.82. The number of H-pyrrole nitrogens is 1. The molecular weight excluding hydrogens is 414 g/mol. The van der Waals surface area contributed by atoms with E-state index in [0.29, 0.717) is 34.6 Å². The molecule has 0 aliphatic carbocycles. The molecule has 0 aliphatic heterocycles. The molecule has 0 unspecified atom stereocenters. The fourth-order valence-electron chi connectivity index (χ4n) is 3.23. The second kappa shape index (κ2) is 9.09. The molecule has 0 saturated heterocycles. The predicted octanol–water partition coefficient (Wildman–Crippen LogP) is 4.89. The molecule has 0 atom stereocenters. The molecule has 2 N–H and O–H groups in total. The SMILES string of the molecule is Cc1cc(CCc2nn[nH]n2)cc(Nc2cc(Oc3cc(Cl)c(C)nc3C)ccn2)c1. The Bertz CT molecular complexity index is 1190. The van der Waals surface area contributed by atoms with Crippen LogP contribution in [0.2, 0.25) is 5.02 Å². The van der Waals surface area contributed by atoms with Gasteiger partial charge < -0.3 is 10.1 Å². The van der Waals surface area contributed by atoms with Gasteiger partial charge in [0.2, 0.25) is 0 Å². The maximum absolute atomic E-state index is 6.20. The van der Waals surface area contributed by atoms with Gasteiger partial charge in [-0.1, -0.05) is 22.9 Å². The predicted molar refractivity (Wildman–Crippen MR) is 119 cm³/mol.